The van der Waals surface area contributed by atoms with E-state index in [1.165, 1.54) is 12.1 Å². The Balaban J connectivity index is 2.37. The number of aromatic hydroxyl groups is 1. The van der Waals surface area contributed by atoms with Crippen molar-refractivity contribution in [2.24, 2.45) is 0 Å². The van der Waals surface area contributed by atoms with E-state index >= 15 is 0 Å². The molecule has 0 aliphatic heterocycles. The molecule has 0 aliphatic rings. The van der Waals surface area contributed by atoms with E-state index in [0.29, 0.717) is 25.1 Å². The number of phenolic OH excluding ortho intramolecular Hbond substituents is 1. The summed E-state index contributed by atoms with van der Waals surface area (Å²) < 4.78 is 36.9. The van der Waals surface area contributed by atoms with Crippen LogP contribution in [-0.2, 0) is 10.0 Å². The van der Waals surface area contributed by atoms with Gasteiger partial charge in [-0.2, -0.15) is 0 Å². The van der Waals surface area contributed by atoms with Gasteiger partial charge in [-0.15, -0.1) is 0 Å². The van der Waals surface area contributed by atoms with Crippen molar-refractivity contribution in [3.63, 3.8) is 0 Å². The number of benzene rings is 1. The van der Waals surface area contributed by atoms with Crippen LogP contribution in [0, 0.1) is 5.82 Å². The van der Waals surface area contributed by atoms with E-state index < -0.39 is 15.8 Å². The third-order valence-corrected chi connectivity index (χ3v) is 3.36. The summed E-state index contributed by atoms with van der Waals surface area (Å²) in [5, 5.41) is 12.7. The van der Waals surface area contributed by atoms with Crippen molar-refractivity contribution in [2.75, 3.05) is 19.3 Å². The fraction of sp³-hybridized carbons (Fsp3) is 0.500. The molecule has 1 aromatic carbocycles. The molecule has 1 aromatic rings. The smallest absolute Gasteiger partial charge is 0.208 e. The van der Waals surface area contributed by atoms with E-state index in [9.17, 15) is 17.9 Å². The van der Waals surface area contributed by atoms with Crippen LogP contribution in [0.1, 0.15) is 24.9 Å². The lowest BCUT2D eigenvalue weighted by Crippen LogP contribution is -2.27. The summed E-state index contributed by atoms with van der Waals surface area (Å²) in [6, 6.07) is 3.74. The monoisotopic (exact) mass is 290 g/mol. The van der Waals surface area contributed by atoms with Crippen molar-refractivity contribution in [3.05, 3.63) is 29.6 Å². The molecule has 1 atom stereocenters. The summed E-state index contributed by atoms with van der Waals surface area (Å²) in [5.74, 6) is -0.569. The van der Waals surface area contributed by atoms with Crippen molar-refractivity contribution in [2.45, 2.75) is 19.4 Å². The predicted molar refractivity (Wildman–Crippen MR) is 71.9 cm³/mol. The Morgan fingerprint density at radius 1 is 1.37 bits per heavy atom. The van der Waals surface area contributed by atoms with Gasteiger partial charge in [0.1, 0.15) is 11.6 Å². The molecule has 0 bridgehead atoms. The molecule has 19 heavy (non-hydrogen) atoms. The molecule has 7 heteroatoms. The first-order chi connectivity index (χ1) is 8.79. The zero-order chi connectivity index (χ0) is 14.5. The highest BCUT2D eigenvalue weighted by atomic mass is 32.2. The Bertz CT molecular complexity index is 520. The highest BCUT2D eigenvalue weighted by Gasteiger charge is 2.10. The molecule has 0 radical (unpaired) electrons. The average molecular weight is 290 g/mol. The zero-order valence-corrected chi connectivity index (χ0v) is 11.8. The van der Waals surface area contributed by atoms with Gasteiger partial charge >= 0.3 is 0 Å². The first-order valence-corrected chi connectivity index (χ1v) is 7.85. The van der Waals surface area contributed by atoms with Crippen molar-refractivity contribution >= 4 is 10.0 Å². The van der Waals surface area contributed by atoms with Crippen molar-refractivity contribution < 1.29 is 17.9 Å². The van der Waals surface area contributed by atoms with Crippen molar-refractivity contribution in [1.82, 2.24) is 10.0 Å². The highest BCUT2D eigenvalue weighted by Crippen LogP contribution is 2.24. The predicted octanol–water partition coefficient (Wildman–Crippen LogP) is 1.12. The number of phenols is 1. The largest absolute Gasteiger partial charge is 0.508 e. The summed E-state index contributed by atoms with van der Waals surface area (Å²) in [7, 11) is -3.15. The van der Waals surface area contributed by atoms with Crippen LogP contribution < -0.4 is 10.0 Å². The molecule has 0 saturated heterocycles. The van der Waals surface area contributed by atoms with Crippen molar-refractivity contribution in [1.29, 1.82) is 0 Å². The molecule has 5 nitrogen and oxygen atoms in total. The normalized spacial score (nSPS) is 13.4. The molecule has 0 amide bonds. The SMILES string of the molecule is CC(NCCCNS(C)(=O)=O)c1ccc(F)cc1O. The molecular weight excluding hydrogens is 271 g/mol. The second kappa shape index (κ2) is 6.83. The maximum absolute atomic E-state index is 12.8. The van der Waals surface area contributed by atoms with Crippen LogP contribution in [0.2, 0.25) is 0 Å². The summed E-state index contributed by atoms with van der Waals surface area (Å²) in [5.41, 5.74) is 0.609. The Hall–Kier alpha value is -1.18. The van der Waals surface area contributed by atoms with Crippen LogP contribution >= 0.6 is 0 Å². The summed E-state index contributed by atoms with van der Waals surface area (Å²) in [6.07, 6.45) is 1.74. The van der Waals surface area contributed by atoms with Gasteiger partial charge < -0.3 is 10.4 Å². The summed E-state index contributed by atoms with van der Waals surface area (Å²) in [4.78, 5) is 0. The maximum Gasteiger partial charge on any atom is 0.208 e. The third-order valence-electron chi connectivity index (χ3n) is 2.63. The van der Waals surface area contributed by atoms with E-state index in [1.54, 1.807) is 0 Å². The quantitative estimate of drug-likeness (QED) is 0.658. The van der Waals surface area contributed by atoms with E-state index in [1.807, 2.05) is 6.92 Å². The molecule has 0 heterocycles. The molecule has 0 aliphatic carbocycles. The van der Waals surface area contributed by atoms with E-state index in [4.69, 9.17) is 0 Å². The molecule has 3 N–H and O–H groups in total. The van der Waals surface area contributed by atoms with E-state index in [0.717, 1.165) is 12.3 Å². The average Bonchev–Trinajstić information content (AvgIpc) is 2.26. The molecule has 0 spiro atoms. The van der Waals surface area contributed by atoms with Gasteiger partial charge in [-0.05, 0) is 26.0 Å². The molecule has 1 rings (SSSR count). The Morgan fingerprint density at radius 2 is 2.05 bits per heavy atom. The van der Waals surface area contributed by atoms with Gasteiger partial charge in [-0.25, -0.2) is 17.5 Å². The second-order valence-corrected chi connectivity index (χ2v) is 6.23. The number of halogens is 1. The number of hydrogen-bond donors (Lipinski definition) is 3. The van der Waals surface area contributed by atoms with Gasteiger partial charge in [0.05, 0.1) is 6.26 Å². The Kier molecular flexibility index (Phi) is 5.71. The molecule has 108 valence electrons. The van der Waals surface area contributed by atoms with Crippen LogP contribution in [-0.4, -0.2) is 32.9 Å². The number of rotatable bonds is 7. The van der Waals surface area contributed by atoms with Gasteiger partial charge in [-0.1, -0.05) is 6.07 Å². The third kappa shape index (κ3) is 6.00. The zero-order valence-electron chi connectivity index (χ0n) is 11.0. The fourth-order valence-electron chi connectivity index (χ4n) is 1.66. The lowest BCUT2D eigenvalue weighted by atomic mass is 10.1. The fourth-order valence-corrected chi connectivity index (χ4v) is 2.17. The maximum atomic E-state index is 12.8. The summed E-state index contributed by atoms with van der Waals surface area (Å²) >= 11 is 0. The Morgan fingerprint density at radius 3 is 2.63 bits per heavy atom. The van der Waals surface area contributed by atoms with Crippen molar-refractivity contribution in [3.8, 4) is 5.75 Å². The molecular formula is C12H19FN2O3S. The van der Waals surface area contributed by atoms with Gasteiger partial charge in [0.25, 0.3) is 0 Å². The molecule has 0 aromatic heterocycles. The van der Waals surface area contributed by atoms with Crippen LogP contribution in [0.4, 0.5) is 4.39 Å². The van der Waals surface area contributed by atoms with E-state index in [-0.39, 0.29) is 11.8 Å². The van der Waals surface area contributed by atoms with Gasteiger partial charge in [0, 0.05) is 24.2 Å². The topological polar surface area (TPSA) is 78.4 Å². The highest BCUT2D eigenvalue weighted by molar-refractivity contribution is 7.88. The van der Waals surface area contributed by atoms with Gasteiger partial charge in [0.2, 0.25) is 10.0 Å². The number of sulfonamides is 1. The van der Waals surface area contributed by atoms with Crippen LogP contribution in [0.3, 0.4) is 0 Å². The van der Waals surface area contributed by atoms with E-state index in [2.05, 4.69) is 10.0 Å². The lowest BCUT2D eigenvalue weighted by Gasteiger charge is -2.15. The van der Waals surface area contributed by atoms with Gasteiger partial charge in [0.15, 0.2) is 0 Å². The molecule has 1 unspecified atom stereocenters. The lowest BCUT2D eigenvalue weighted by molar-refractivity contribution is 0.446. The summed E-state index contributed by atoms with van der Waals surface area (Å²) in [6.45, 7) is 2.78. The van der Waals surface area contributed by atoms with Crippen LogP contribution in [0.5, 0.6) is 5.75 Å². The van der Waals surface area contributed by atoms with Crippen LogP contribution in [0.25, 0.3) is 0 Å². The molecule has 0 fully saturated rings. The minimum Gasteiger partial charge on any atom is -0.508 e. The minimum atomic E-state index is -3.15. The number of hydrogen-bond acceptors (Lipinski definition) is 4. The Labute approximate surface area is 112 Å². The first-order valence-electron chi connectivity index (χ1n) is 5.96. The molecule has 0 saturated carbocycles. The minimum absolute atomic E-state index is 0.0886. The number of nitrogens with one attached hydrogen (secondary N) is 2. The van der Waals surface area contributed by atoms with Crippen LogP contribution in [0.15, 0.2) is 18.2 Å². The first kappa shape index (κ1) is 15.9. The standard InChI is InChI=1S/C12H19FN2O3S/c1-9(11-5-4-10(13)8-12(11)16)14-6-3-7-15-19(2,17)18/h4-5,8-9,14-16H,3,6-7H2,1-2H3. The van der Waals surface area contributed by atoms with Gasteiger partial charge in [-0.3, -0.25) is 0 Å². The second-order valence-electron chi connectivity index (χ2n) is 4.40.